The van der Waals surface area contributed by atoms with Crippen LogP contribution in [0.3, 0.4) is 0 Å². The molecule has 0 saturated heterocycles. The maximum absolute atomic E-state index is 6.59. The lowest BCUT2D eigenvalue weighted by molar-refractivity contribution is 0.798. The third-order valence-electron chi connectivity index (χ3n) is 3.50. The van der Waals surface area contributed by atoms with Crippen molar-refractivity contribution in [3.8, 4) is 0 Å². The lowest BCUT2D eigenvalue weighted by Crippen LogP contribution is -1.97. The highest BCUT2D eigenvalue weighted by molar-refractivity contribution is 6.22. The number of fused-ring (bicyclic) bond motifs is 1. The quantitative estimate of drug-likeness (QED) is 0.648. The van der Waals surface area contributed by atoms with Gasteiger partial charge in [0.25, 0.3) is 0 Å². The third kappa shape index (κ3) is 1.62. The zero-order chi connectivity index (χ0) is 11.1. The first-order chi connectivity index (χ1) is 7.77. The monoisotopic (exact) mass is 230 g/mol. The third-order valence-corrected chi connectivity index (χ3v) is 4.07. The minimum absolute atomic E-state index is 0.200. The van der Waals surface area contributed by atoms with E-state index in [-0.39, 0.29) is 5.38 Å². The fraction of sp³-hybridized carbons (Fsp3) is 0.333. The highest BCUT2D eigenvalue weighted by Crippen LogP contribution is 2.47. The highest BCUT2D eigenvalue weighted by atomic mass is 35.5. The summed E-state index contributed by atoms with van der Waals surface area (Å²) in [6.07, 6.45) is 2.58. The molecule has 0 aromatic heterocycles. The van der Waals surface area contributed by atoms with Crippen molar-refractivity contribution in [2.45, 2.75) is 25.1 Å². The number of hydrogen-bond donors (Lipinski definition) is 0. The molecule has 1 aliphatic carbocycles. The lowest BCUT2D eigenvalue weighted by atomic mass is 9.95. The molecule has 0 spiro atoms. The van der Waals surface area contributed by atoms with E-state index < -0.39 is 0 Å². The van der Waals surface area contributed by atoms with Crippen LogP contribution in [0.4, 0.5) is 0 Å². The number of hydrogen-bond acceptors (Lipinski definition) is 0. The predicted octanol–water partition coefficient (Wildman–Crippen LogP) is 4.84. The van der Waals surface area contributed by atoms with Crippen molar-refractivity contribution in [1.82, 2.24) is 0 Å². The van der Waals surface area contributed by atoms with Crippen molar-refractivity contribution in [2.24, 2.45) is 5.92 Å². The van der Waals surface area contributed by atoms with Crippen LogP contribution in [-0.2, 0) is 0 Å². The Hall–Kier alpha value is -1.01. The smallest absolute Gasteiger partial charge is 0.0622 e. The first-order valence-corrected chi connectivity index (χ1v) is 6.33. The number of aryl methyl sites for hydroxylation is 1. The number of halogens is 1. The maximum Gasteiger partial charge on any atom is 0.0622 e. The van der Waals surface area contributed by atoms with Crippen LogP contribution >= 0.6 is 11.6 Å². The summed E-state index contributed by atoms with van der Waals surface area (Å²) in [5.41, 5.74) is 2.67. The minimum atomic E-state index is 0.200. The van der Waals surface area contributed by atoms with Crippen LogP contribution in [0.15, 0.2) is 36.4 Å². The van der Waals surface area contributed by atoms with Gasteiger partial charge in [0.05, 0.1) is 5.38 Å². The van der Waals surface area contributed by atoms with E-state index in [0.717, 1.165) is 0 Å². The van der Waals surface area contributed by atoms with Crippen molar-refractivity contribution in [3.63, 3.8) is 0 Å². The molecule has 82 valence electrons. The molecule has 1 fully saturated rings. The SMILES string of the molecule is Cc1ccc2ccccc2c1C(Cl)C1CC1. The molecule has 1 unspecified atom stereocenters. The average molecular weight is 231 g/mol. The first kappa shape index (κ1) is 10.2. The van der Waals surface area contributed by atoms with Gasteiger partial charge >= 0.3 is 0 Å². The van der Waals surface area contributed by atoms with Gasteiger partial charge in [-0.2, -0.15) is 0 Å². The molecule has 0 heterocycles. The number of rotatable bonds is 2. The van der Waals surface area contributed by atoms with Crippen molar-refractivity contribution in [1.29, 1.82) is 0 Å². The molecule has 16 heavy (non-hydrogen) atoms. The van der Waals surface area contributed by atoms with Gasteiger partial charge in [-0.1, -0.05) is 36.4 Å². The molecular weight excluding hydrogens is 216 g/mol. The van der Waals surface area contributed by atoms with Crippen LogP contribution in [0, 0.1) is 12.8 Å². The molecule has 0 amide bonds. The van der Waals surface area contributed by atoms with E-state index in [1.165, 1.54) is 34.7 Å². The van der Waals surface area contributed by atoms with Crippen molar-refractivity contribution in [2.75, 3.05) is 0 Å². The molecule has 0 aliphatic heterocycles. The summed E-state index contributed by atoms with van der Waals surface area (Å²) in [6.45, 7) is 2.17. The Labute approximate surface area is 101 Å². The molecule has 2 aromatic rings. The lowest BCUT2D eigenvalue weighted by Gasteiger charge is -2.15. The van der Waals surface area contributed by atoms with Gasteiger partial charge in [-0.15, -0.1) is 11.6 Å². The van der Waals surface area contributed by atoms with E-state index in [0.29, 0.717) is 5.92 Å². The number of benzene rings is 2. The van der Waals surface area contributed by atoms with E-state index in [1.807, 2.05) is 0 Å². The van der Waals surface area contributed by atoms with Crippen molar-refractivity contribution >= 4 is 22.4 Å². The van der Waals surface area contributed by atoms with E-state index in [1.54, 1.807) is 0 Å². The fourth-order valence-corrected chi connectivity index (χ4v) is 2.94. The molecular formula is C15H15Cl. The Kier molecular flexibility index (Phi) is 2.40. The van der Waals surface area contributed by atoms with Gasteiger partial charge in [-0.3, -0.25) is 0 Å². The maximum atomic E-state index is 6.59. The molecule has 0 bridgehead atoms. The van der Waals surface area contributed by atoms with Gasteiger partial charge in [-0.05, 0) is 47.6 Å². The van der Waals surface area contributed by atoms with Crippen LogP contribution in [0.1, 0.15) is 29.3 Å². The van der Waals surface area contributed by atoms with E-state index in [9.17, 15) is 0 Å². The summed E-state index contributed by atoms with van der Waals surface area (Å²) >= 11 is 6.59. The Bertz CT molecular complexity index is 526. The van der Waals surface area contributed by atoms with Crippen LogP contribution < -0.4 is 0 Å². The van der Waals surface area contributed by atoms with Gasteiger partial charge in [0.2, 0.25) is 0 Å². The van der Waals surface area contributed by atoms with Crippen LogP contribution in [0.5, 0.6) is 0 Å². The zero-order valence-electron chi connectivity index (χ0n) is 9.41. The Balaban J connectivity index is 2.23. The fourth-order valence-electron chi connectivity index (χ4n) is 2.40. The second-order valence-electron chi connectivity index (χ2n) is 4.76. The van der Waals surface area contributed by atoms with Crippen molar-refractivity contribution < 1.29 is 0 Å². The molecule has 1 atom stereocenters. The minimum Gasteiger partial charge on any atom is -0.117 e. The Morgan fingerprint density at radius 1 is 1.12 bits per heavy atom. The molecule has 0 nitrogen and oxygen atoms in total. The Morgan fingerprint density at radius 3 is 2.62 bits per heavy atom. The van der Waals surface area contributed by atoms with E-state index >= 15 is 0 Å². The van der Waals surface area contributed by atoms with Gasteiger partial charge in [0.1, 0.15) is 0 Å². The summed E-state index contributed by atoms with van der Waals surface area (Å²) < 4.78 is 0. The van der Waals surface area contributed by atoms with Gasteiger partial charge in [-0.25, -0.2) is 0 Å². The summed E-state index contributed by atoms with van der Waals surface area (Å²) in [7, 11) is 0. The average Bonchev–Trinajstić information content (AvgIpc) is 3.12. The Morgan fingerprint density at radius 2 is 1.88 bits per heavy atom. The molecule has 0 radical (unpaired) electrons. The largest absolute Gasteiger partial charge is 0.117 e. The van der Waals surface area contributed by atoms with Crippen LogP contribution in [0.25, 0.3) is 10.8 Å². The van der Waals surface area contributed by atoms with Crippen LogP contribution in [0.2, 0.25) is 0 Å². The van der Waals surface area contributed by atoms with Gasteiger partial charge in [0.15, 0.2) is 0 Å². The van der Waals surface area contributed by atoms with Gasteiger partial charge in [0, 0.05) is 0 Å². The molecule has 2 aromatic carbocycles. The summed E-state index contributed by atoms with van der Waals surface area (Å²) in [5.74, 6) is 0.700. The normalized spacial score (nSPS) is 17.6. The highest BCUT2D eigenvalue weighted by Gasteiger charge is 2.32. The first-order valence-electron chi connectivity index (χ1n) is 5.89. The topological polar surface area (TPSA) is 0 Å². The number of alkyl halides is 1. The van der Waals surface area contributed by atoms with E-state index in [4.69, 9.17) is 11.6 Å². The summed E-state index contributed by atoms with van der Waals surface area (Å²) in [5, 5.41) is 2.83. The molecule has 1 heteroatoms. The van der Waals surface area contributed by atoms with Gasteiger partial charge < -0.3 is 0 Å². The molecule has 3 rings (SSSR count). The predicted molar refractivity (Wildman–Crippen MR) is 70.0 cm³/mol. The van der Waals surface area contributed by atoms with Crippen LogP contribution in [-0.4, -0.2) is 0 Å². The molecule has 0 N–H and O–H groups in total. The second kappa shape index (κ2) is 3.78. The summed E-state index contributed by atoms with van der Waals surface area (Å²) in [6, 6.07) is 12.9. The van der Waals surface area contributed by atoms with E-state index in [2.05, 4.69) is 43.3 Å². The molecule has 1 saturated carbocycles. The summed E-state index contributed by atoms with van der Waals surface area (Å²) in [4.78, 5) is 0. The zero-order valence-corrected chi connectivity index (χ0v) is 10.2. The second-order valence-corrected chi connectivity index (χ2v) is 5.23. The standard InChI is InChI=1S/C15H15Cl/c1-10-6-7-11-4-2-3-5-13(11)14(10)15(16)12-8-9-12/h2-7,12,15H,8-9H2,1H3. The van der Waals surface area contributed by atoms with Crippen molar-refractivity contribution in [3.05, 3.63) is 47.5 Å². The molecule has 1 aliphatic rings.